The molecule has 0 aliphatic heterocycles. The lowest BCUT2D eigenvalue weighted by molar-refractivity contribution is 0.0949. The molecule has 3 aromatic rings. The third-order valence-corrected chi connectivity index (χ3v) is 3.38. The van der Waals surface area contributed by atoms with Crippen LogP contribution in [0.15, 0.2) is 78.2 Å². The second kappa shape index (κ2) is 7.28. The van der Waals surface area contributed by atoms with E-state index in [9.17, 15) is 4.79 Å². The van der Waals surface area contributed by atoms with Crippen LogP contribution in [0, 0.1) is 6.92 Å². The standard InChI is InChI=1S/C19H16N4O/c1-14-12-21-17(13-20-14)19(24)23-22-18(15-8-4-2-5-9-15)16-10-6-3-7-11-16/h2-13H,1H3,(H,23,24). The number of amides is 1. The monoisotopic (exact) mass is 316 g/mol. The van der Waals surface area contributed by atoms with Crippen molar-refractivity contribution in [2.75, 3.05) is 0 Å². The summed E-state index contributed by atoms with van der Waals surface area (Å²) in [7, 11) is 0. The van der Waals surface area contributed by atoms with E-state index < -0.39 is 5.91 Å². The zero-order valence-electron chi connectivity index (χ0n) is 13.2. The van der Waals surface area contributed by atoms with Gasteiger partial charge in [0.2, 0.25) is 0 Å². The van der Waals surface area contributed by atoms with Gasteiger partial charge in [0.05, 0.1) is 17.6 Å². The van der Waals surface area contributed by atoms with Crippen LogP contribution < -0.4 is 5.43 Å². The van der Waals surface area contributed by atoms with Gasteiger partial charge in [0.1, 0.15) is 5.69 Å². The Labute approximate surface area is 140 Å². The van der Waals surface area contributed by atoms with Crippen molar-refractivity contribution >= 4 is 11.6 Å². The summed E-state index contributed by atoms with van der Waals surface area (Å²) in [4.78, 5) is 20.3. The molecule has 0 saturated heterocycles. The summed E-state index contributed by atoms with van der Waals surface area (Å²) in [5, 5.41) is 4.31. The van der Waals surface area contributed by atoms with Crippen molar-refractivity contribution in [3.63, 3.8) is 0 Å². The summed E-state index contributed by atoms with van der Waals surface area (Å²) in [5.41, 5.74) is 6.06. The molecule has 0 radical (unpaired) electrons. The predicted molar refractivity (Wildman–Crippen MR) is 92.8 cm³/mol. The first-order valence-electron chi connectivity index (χ1n) is 7.51. The van der Waals surface area contributed by atoms with Gasteiger partial charge in [0, 0.05) is 17.3 Å². The highest BCUT2D eigenvalue weighted by Gasteiger charge is 2.10. The Bertz CT molecular complexity index is 802. The summed E-state index contributed by atoms with van der Waals surface area (Å²) in [6, 6.07) is 19.4. The summed E-state index contributed by atoms with van der Waals surface area (Å²) in [6.07, 6.45) is 2.98. The van der Waals surface area contributed by atoms with Crippen LogP contribution in [0.25, 0.3) is 0 Å². The minimum Gasteiger partial charge on any atom is -0.265 e. The number of aryl methyl sites for hydroxylation is 1. The van der Waals surface area contributed by atoms with Gasteiger partial charge in [-0.1, -0.05) is 60.7 Å². The molecule has 1 N–H and O–H groups in total. The summed E-state index contributed by atoms with van der Waals surface area (Å²) in [6.45, 7) is 1.82. The van der Waals surface area contributed by atoms with Crippen molar-refractivity contribution in [3.05, 3.63) is 95.6 Å². The van der Waals surface area contributed by atoms with E-state index in [1.807, 2.05) is 67.6 Å². The van der Waals surface area contributed by atoms with Gasteiger partial charge in [-0.25, -0.2) is 10.4 Å². The Hall–Kier alpha value is -3.34. The minimum absolute atomic E-state index is 0.227. The van der Waals surface area contributed by atoms with E-state index >= 15 is 0 Å². The maximum atomic E-state index is 12.2. The van der Waals surface area contributed by atoms with Crippen LogP contribution in [0.3, 0.4) is 0 Å². The van der Waals surface area contributed by atoms with E-state index in [2.05, 4.69) is 20.5 Å². The highest BCUT2D eigenvalue weighted by atomic mass is 16.2. The van der Waals surface area contributed by atoms with Gasteiger partial charge in [-0.05, 0) is 6.92 Å². The number of benzene rings is 2. The van der Waals surface area contributed by atoms with E-state index in [4.69, 9.17) is 0 Å². The lowest BCUT2D eigenvalue weighted by Crippen LogP contribution is -2.22. The molecule has 1 aromatic heterocycles. The average molecular weight is 316 g/mol. The lowest BCUT2D eigenvalue weighted by atomic mass is 10.0. The number of carbonyl (C=O) groups is 1. The Morgan fingerprint density at radius 1 is 0.875 bits per heavy atom. The maximum Gasteiger partial charge on any atom is 0.291 e. The number of nitrogens with one attached hydrogen (secondary N) is 1. The van der Waals surface area contributed by atoms with E-state index in [1.54, 1.807) is 6.20 Å². The van der Waals surface area contributed by atoms with Crippen molar-refractivity contribution in [3.8, 4) is 0 Å². The summed E-state index contributed by atoms with van der Waals surface area (Å²) < 4.78 is 0. The highest BCUT2D eigenvalue weighted by Crippen LogP contribution is 2.10. The molecule has 0 unspecified atom stereocenters. The van der Waals surface area contributed by atoms with Crippen LogP contribution in [-0.4, -0.2) is 21.6 Å². The van der Waals surface area contributed by atoms with Crippen LogP contribution >= 0.6 is 0 Å². The molecule has 24 heavy (non-hydrogen) atoms. The number of hydrogen-bond acceptors (Lipinski definition) is 4. The first-order chi connectivity index (χ1) is 11.7. The number of aromatic nitrogens is 2. The first kappa shape index (κ1) is 15.6. The molecule has 118 valence electrons. The first-order valence-corrected chi connectivity index (χ1v) is 7.51. The van der Waals surface area contributed by atoms with Crippen molar-refractivity contribution in [2.45, 2.75) is 6.92 Å². The average Bonchev–Trinajstić information content (AvgIpc) is 2.64. The van der Waals surface area contributed by atoms with Crippen molar-refractivity contribution in [2.24, 2.45) is 5.10 Å². The van der Waals surface area contributed by atoms with Gasteiger partial charge in [0.15, 0.2) is 0 Å². The topological polar surface area (TPSA) is 67.2 Å². The molecule has 0 saturated carbocycles. The van der Waals surface area contributed by atoms with Crippen LogP contribution in [-0.2, 0) is 0 Å². The van der Waals surface area contributed by atoms with E-state index in [0.717, 1.165) is 16.8 Å². The molecule has 2 aromatic carbocycles. The number of hydrogen-bond donors (Lipinski definition) is 1. The second-order valence-electron chi connectivity index (χ2n) is 5.18. The molecular formula is C19H16N4O. The Morgan fingerprint density at radius 3 is 1.96 bits per heavy atom. The van der Waals surface area contributed by atoms with Gasteiger partial charge in [-0.2, -0.15) is 5.10 Å². The van der Waals surface area contributed by atoms with Gasteiger partial charge in [0.25, 0.3) is 5.91 Å². The van der Waals surface area contributed by atoms with Crippen LogP contribution in [0.5, 0.6) is 0 Å². The summed E-state index contributed by atoms with van der Waals surface area (Å²) in [5.74, 6) is -0.396. The zero-order valence-corrected chi connectivity index (χ0v) is 13.2. The number of nitrogens with zero attached hydrogens (tertiary/aromatic N) is 3. The Morgan fingerprint density at radius 2 is 1.46 bits per heavy atom. The minimum atomic E-state index is -0.396. The van der Waals surface area contributed by atoms with Crippen molar-refractivity contribution in [1.82, 2.24) is 15.4 Å². The molecule has 0 fully saturated rings. The van der Waals surface area contributed by atoms with E-state index in [0.29, 0.717) is 5.71 Å². The Kier molecular flexibility index (Phi) is 4.72. The summed E-state index contributed by atoms with van der Waals surface area (Å²) >= 11 is 0. The van der Waals surface area contributed by atoms with Crippen LogP contribution in [0.1, 0.15) is 27.3 Å². The lowest BCUT2D eigenvalue weighted by Gasteiger charge is -2.07. The van der Waals surface area contributed by atoms with Crippen LogP contribution in [0.4, 0.5) is 0 Å². The quantitative estimate of drug-likeness (QED) is 0.594. The zero-order chi connectivity index (χ0) is 16.8. The molecule has 5 nitrogen and oxygen atoms in total. The third kappa shape index (κ3) is 3.70. The van der Waals surface area contributed by atoms with Gasteiger partial charge in [-0.15, -0.1) is 0 Å². The predicted octanol–water partition coefficient (Wildman–Crippen LogP) is 2.97. The molecule has 1 amide bonds. The Balaban J connectivity index is 1.90. The molecule has 5 heteroatoms. The van der Waals surface area contributed by atoms with Gasteiger partial charge < -0.3 is 0 Å². The molecule has 0 spiro atoms. The number of hydrazone groups is 1. The smallest absolute Gasteiger partial charge is 0.265 e. The van der Waals surface area contributed by atoms with Crippen molar-refractivity contribution in [1.29, 1.82) is 0 Å². The molecule has 3 rings (SSSR count). The van der Waals surface area contributed by atoms with Crippen LogP contribution in [0.2, 0.25) is 0 Å². The third-order valence-electron chi connectivity index (χ3n) is 3.38. The SMILES string of the molecule is Cc1cnc(C(=O)NN=C(c2ccccc2)c2ccccc2)cn1. The molecule has 1 heterocycles. The fourth-order valence-electron chi connectivity index (χ4n) is 2.16. The molecule has 0 bridgehead atoms. The van der Waals surface area contributed by atoms with E-state index in [-0.39, 0.29) is 5.69 Å². The van der Waals surface area contributed by atoms with Gasteiger partial charge >= 0.3 is 0 Å². The highest BCUT2D eigenvalue weighted by molar-refractivity contribution is 6.13. The fourth-order valence-corrected chi connectivity index (χ4v) is 2.16. The fraction of sp³-hybridized carbons (Fsp3) is 0.0526. The molecular weight excluding hydrogens is 300 g/mol. The number of rotatable bonds is 4. The molecule has 0 atom stereocenters. The van der Waals surface area contributed by atoms with E-state index in [1.165, 1.54) is 6.20 Å². The van der Waals surface area contributed by atoms with Gasteiger partial charge in [-0.3, -0.25) is 9.78 Å². The molecule has 0 aliphatic rings. The molecule has 0 aliphatic carbocycles. The normalized spacial score (nSPS) is 10.0. The largest absolute Gasteiger partial charge is 0.291 e. The maximum absolute atomic E-state index is 12.2. The number of carbonyl (C=O) groups excluding carboxylic acids is 1. The second-order valence-corrected chi connectivity index (χ2v) is 5.18. The van der Waals surface area contributed by atoms with Crippen molar-refractivity contribution < 1.29 is 4.79 Å².